The minimum Gasteiger partial charge on any atom is -0.491 e. The van der Waals surface area contributed by atoms with Gasteiger partial charge in [-0.1, -0.05) is 12.1 Å². The van der Waals surface area contributed by atoms with Crippen LogP contribution in [0.1, 0.15) is 44.8 Å². The summed E-state index contributed by atoms with van der Waals surface area (Å²) in [5.41, 5.74) is 0.755. The molecule has 1 aromatic carbocycles. The van der Waals surface area contributed by atoms with Crippen LogP contribution in [-0.2, 0) is 4.79 Å². The Bertz CT molecular complexity index is 505. The van der Waals surface area contributed by atoms with Crippen LogP contribution >= 0.6 is 12.4 Å². The van der Waals surface area contributed by atoms with E-state index in [-0.39, 0.29) is 31.0 Å². The summed E-state index contributed by atoms with van der Waals surface area (Å²) in [4.78, 5) is 12.0. The molecule has 1 fully saturated rings. The number of hydrogen-bond donors (Lipinski definition) is 3. The maximum atomic E-state index is 12.0. The Morgan fingerprint density at radius 1 is 1.38 bits per heavy atom. The molecule has 6 heteroatoms. The van der Waals surface area contributed by atoms with Gasteiger partial charge in [-0.2, -0.15) is 0 Å². The van der Waals surface area contributed by atoms with E-state index in [4.69, 9.17) is 4.74 Å². The predicted molar refractivity (Wildman–Crippen MR) is 97.6 cm³/mol. The molecule has 0 aliphatic carbocycles. The zero-order valence-corrected chi connectivity index (χ0v) is 15.3. The van der Waals surface area contributed by atoms with Gasteiger partial charge in [-0.15, -0.1) is 12.4 Å². The van der Waals surface area contributed by atoms with E-state index in [0.29, 0.717) is 12.3 Å². The Kier molecular flexibility index (Phi) is 9.11. The zero-order chi connectivity index (χ0) is 16.7. The van der Waals surface area contributed by atoms with E-state index in [2.05, 4.69) is 10.6 Å². The summed E-state index contributed by atoms with van der Waals surface area (Å²) in [6.45, 7) is 6.13. The Balaban J connectivity index is 0.00000288. The van der Waals surface area contributed by atoms with Gasteiger partial charge >= 0.3 is 0 Å². The maximum Gasteiger partial charge on any atom is 0.220 e. The summed E-state index contributed by atoms with van der Waals surface area (Å²) in [5.74, 6) is 1.21. The van der Waals surface area contributed by atoms with Gasteiger partial charge in [0.05, 0.1) is 12.2 Å². The number of amides is 1. The number of carbonyl (C=O) groups excluding carboxylic acids is 1. The highest BCUT2D eigenvalue weighted by molar-refractivity contribution is 5.85. The normalized spacial score (nSPS) is 16.3. The number of halogens is 1. The Hall–Kier alpha value is -1.30. The molecule has 1 heterocycles. The summed E-state index contributed by atoms with van der Waals surface area (Å²) >= 11 is 0. The molecule has 1 aliphatic heterocycles. The van der Waals surface area contributed by atoms with E-state index in [1.54, 1.807) is 0 Å². The first-order valence-corrected chi connectivity index (χ1v) is 8.46. The minimum atomic E-state index is -0.720. The van der Waals surface area contributed by atoms with E-state index < -0.39 is 6.10 Å². The fourth-order valence-corrected chi connectivity index (χ4v) is 2.82. The minimum absolute atomic E-state index is 0. The van der Waals surface area contributed by atoms with Crippen molar-refractivity contribution in [1.82, 2.24) is 10.6 Å². The lowest BCUT2D eigenvalue weighted by Crippen LogP contribution is -2.33. The second-order valence-electron chi connectivity index (χ2n) is 6.46. The van der Waals surface area contributed by atoms with Gasteiger partial charge in [0.1, 0.15) is 5.75 Å². The number of benzene rings is 1. The molecule has 1 aromatic rings. The van der Waals surface area contributed by atoms with Crippen LogP contribution in [0.2, 0.25) is 0 Å². The summed E-state index contributed by atoms with van der Waals surface area (Å²) in [6, 6.07) is 7.39. The molecule has 2 rings (SSSR count). The maximum absolute atomic E-state index is 12.0. The first kappa shape index (κ1) is 20.7. The van der Waals surface area contributed by atoms with Gasteiger partial charge in [0, 0.05) is 13.0 Å². The van der Waals surface area contributed by atoms with Crippen LogP contribution in [0.5, 0.6) is 5.75 Å². The number of hydrogen-bond acceptors (Lipinski definition) is 4. The largest absolute Gasteiger partial charge is 0.491 e. The monoisotopic (exact) mass is 356 g/mol. The lowest BCUT2D eigenvalue weighted by Gasteiger charge is -2.22. The highest BCUT2D eigenvalue weighted by atomic mass is 35.5. The van der Waals surface area contributed by atoms with Crippen LogP contribution in [0.4, 0.5) is 0 Å². The van der Waals surface area contributed by atoms with Crippen LogP contribution in [0, 0.1) is 5.92 Å². The summed E-state index contributed by atoms with van der Waals surface area (Å²) in [5, 5.41) is 16.4. The van der Waals surface area contributed by atoms with Crippen molar-refractivity contribution in [3.8, 4) is 5.75 Å². The average molecular weight is 357 g/mol. The third-order valence-corrected chi connectivity index (χ3v) is 4.04. The van der Waals surface area contributed by atoms with Crippen molar-refractivity contribution in [2.45, 2.75) is 45.3 Å². The van der Waals surface area contributed by atoms with Gasteiger partial charge in [-0.3, -0.25) is 4.79 Å². The Labute approximate surface area is 150 Å². The molecular weight excluding hydrogens is 328 g/mol. The first-order chi connectivity index (χ1) is 11.0. The molecule has 24 heavy (non-hydrogen) atoms. The second kappa shape index (κ2) is 10.5. The molecule has 0 saturated carbocycles. The summed E-state index contributed by atoms with van der Waals surface area (Å²) < 4.78 is 5.63. The van der Waals surface area contributed by atoms with Crippen molar-refractivity contribution in [2.75, 3.05) is 19.6 Å². The molecule has 0 bridgehead atoms. The first-order valence-electron chi connectivity index (χ1n) is 8.46. The highest BCUT2D eigenvalue weighted by Crippen LogP contribution is 2.20. The molecule has 5 nitrogen and oxygen atoms in total. The van der Waals surface area contributed by atoms with E-state index in [9.17, 15) is 9.90 Å². The van der Waals surface area contributed by atoms with Crippen molar-refractivity contribution >= 4 is 18.3 Å². The van der Waals surface area contributed by atoms with Crippen molar-refractivity contribution in [2.24, 2.45) is 5.92 Å². The number of ether oxygens (including phenoxy) is 1. The number of nitrogens with one attached hydrogen (secondary N) is 2. The highest BCUT2D eigenvalue weighted by Gasteiger charge is 2.17. The number of carbonyl (C=O) groups is 1. The lowest BCUT2D eigenvalue weighted by molar-refractivity contribution is -0.122. The van der Waals surface area contributed by atoms with Gasteiger partial charge in [0.25, 0.3) is 0 Å². The number of aliphatic hydroxyl groups excluding tert-OH is 1. The molecule has 1 unspecified atom stereocenters. The fraction of sp³-hybridized carbons (Fsp3) is 0.611. The van der Waals surface area contributed by atoms with E-state index >= 15 is 0 Å². The van der Waals surface area contributed by atoms with Gasteiger partial charge in [-0.25, -0.2) is 0 Å². The van der Waals surface area contributed by atoms with Crippen molar-refractivity contribution < 1.29 is 14.6 Å². The molecule has 1 atom stereocenters. The van der Waals surface area contributed by atoms with Crippen molar-refractivity contribution in [1.29, 1.82) is 0 Å². The molecule has 0 spiro atoms. The fourth-order valence-electron chi connectivity index (χ4n) is 2.82. The van der Waals surface area contributed by atoms with Crippen LogP contribution in [-0.4, -0.2) is 36.8 Å². The lowest BCUT2D eigenvalue weighted by atomic mass is 9.94. The summed E-state index contributed by atoms with van der Waals surface area (Å²) in [6.07, 6.45) is 2.01. The van der Waals surface area contributed by atoms with E-state index in [1.807, 2.05) is 38.1 Å². The van der Waals surface area contributed by atoms with Crippen LogP contribution in [0.25, 0.3) is 0 Å². The number of aliphatic hydroxyl groups is 1. The second-order valence-corrected chi connectivity index (χ2v) is 6.46. The molecule has 1 amide bonds. The molecule has 3 N–H and O–H groups in total. The topological polar surface area (TPSA) is 70.6 Å². The molecular formula is C18H29ClN2O3. The Morgan fingerprint density at radius 3 is 2.75 bits per heavy atom. The Morgan fingerprint density at radius 2 is 2.08 bits per heavy atom. The van der Waals surface area contributed by atoms with E-state index in [0.717, 1.165) is 37.2 Å². The third-order valence-electron chi connectivity index (χ3n) is 4.04. The molecule has 1 aliphatic rings. The third kappa shape index (κ3) is 7.07. The van der Waals surface area contributed by atoms with Gasteiger partial charge in [-0.05, 0) is 63.4 Å². The predicted octanol–water partition coefficient (Wildman–Crippen LogP) is 2.43. The zero-order valence-electron chi connectivity index (χ0n) is 14.5. The standard InChI is InChI=1S/C18H28N2O3.ClH/c1-13(2)23-16-5-3-4-15(11-16)17(21)12-20-18(22)10-14-6-8-19-9-7-14;/h3-5,11,13-14,17,19,21H,6-10,12H2,1-2H3,(H,20,22);1H. The van der Waals surface area contributed by atoms with Crippen LogP contribution < -0.4 is 15.4 Å². The molecule has 0 aromatic heterocycles. The SMILES string of the molecule is CC(C)Oc1cccc(C(O)CNC(=O)CC2CCNCC2)c1.Cl. The number of rotatable bonds is 7. The van der Waals surface area contributed by atoms with Crippen molar-refractivity contribution in [3.05, 3.63) is 29.8 Å². The van der Waals surface area contributed by atoms with E-state index in [1.165, 1.54) is 0 Å². The van der Waals surface area contributed by atoms with Gasteiger partial charge in [0.2, 0.25) is 5.91 Å². The van der Waals surface area contributed by atoms with Gasteiger partial charge < -0.3 is 20.5 Å². The number of piperidine rings is 1. The smallest absolute Gasteiger partial charge is 0.220 e. The average Bonchev–Trinajstić information content (AvgIpc) is 2.53. The molecule has 1 saturated heterocycles. The van der Waals surface area contributed by atoms with Gasteiger partial charge in [0.15, 0.2) is 0 Å². The van der Waals surface area contributed by atoms with Crippen LogP contribution in [0.15, 0.2) is 24.3 Å². The summed E-state index contributed by atoms with van der Waals surface area (Å²) in [7, 11) is 0. The quantitative estimate of drug-likeness (QED) is 0.701. The van der Waals surface area contributed by atoms with Crippen molar-refractivity contribution in [3.63, 3.8) is 0 Å². The molecule has 0 radical (unpaired) electrons. The molecule has 136 valence electrons. The van der Waals surface area contributed by atoms with Crippen LogP contribution in [0.3, 0.4) is 0 Å².